The second-order valence-electron chi connectivity index (χ2n) is 11.1. The molecule has 1 unspecified atom stereocenters. The van der Waals surface area contributed by atoms with Gasteiger partial charge in [-0.25, -0.2) is 23.4 Å². The number of nitrogens with one attached hydrogen (secondary N) is 3. The van der Waals surface area contributed by atoms with E-state index in [0.29, 0.717) is 33.1 Å². The molecule has 1 atom stereocenters. The molecule has 47 heavy (non-hydrogen) atoms. The first-order valence-corrected chi connectivity index (χ1v) is 17.1. The number of carbonyl (C=O) groups excluding carboxylic acids is 1. The maximum atomic E-state index is 13.7. The van der Waals surface area contributed by atoms with Crippen LogP contribution in [-0.2, 0) is 16.2 Å². The Morgan fingerprint density at radius 2 is 1.64 bits per heavy atom. The van der Waals surface area contributed by atoms with Gasteiger partial charge in [-0.05, 0) is 79.1 Å². The minimum Gasteiger partial charge on any atom is -0.346 e. The van der Waals surface area contributed by atoms with Crippen LogP contribution >= 0.6 is 11.8 Å². The molecule has 5 aromatic rings. The number of amides is 1. The van der Waals surface area contributed by atoms with Crippen LogP contribution in [-0.4, -0.2) is 35.5 Å². The third-order valence-corrected chi connectivity index (χ3v) is 8.76. The number of carbonyl (C=O) groups is 1. The van der Waals surface area contributed by atoms with Crippen LogP contribution < -0.4 is 15.4 Å². The highest BCUT2D eigenvalue weighted by atomic mass is 32.2. The Labute approximate surface area is 274 Å². The van der Waals surface area contributed by atoms with Crippen molar-refractivity contribution in [2.75, 3.05) is 16.3 Å². The van der Waals surface area contributed by atoms with Crippen molar-refractivity contribution in [2.24, 2.45) is 0 Å². The van der Waals surface area contributed by atoms with E-state index in [-0.39, 0.29) is 17.0 Å². The predicted octanol–water partition coefficient (Wildman–Crippen LogP) is 7.92. The van der Waals surface area contributed by atoms with Crippen LogP contribution in [0.2, 0.25) is 0 Å². The molecular weight excluding hydrogens is 650 g/mol. The molecule has 0 radical (unpaired) electrons. The SMILES string of the molecule is CC(C)c1ccc2c(Nc3cc(C(=O)NC(C)c4ccccc4C(F)(F)F)ccc3Sc3ccc(NS(C)(=O)=O)cc3)ncnc2n1. The Hall–Kier alpha value is -4.69. The number of aromatic nitrogens is 3. The zero-order valence-corrected chi connectivity index (χ0v) is 27.4. The summed E-state index contributed by atoms with van der Waals surface area (Å²) in [5, 5.41) is 6.64. The third kappa shape index (κ3) is 8.37. The Morgan fingerprint density at radius 1 is 0.915 bits per heavy atom. The fraction of sp³-hybridized carbons (Fsp3) is 0.212. The molecule has 0 fully saturated rings. The minimum absolute atomic E-state index is 0.0478. The second-order valence-corrected chi connectivity index (χ2v) is 14.0. The van der Waals surface area contributed by atoms with Crippen molar-refractivity contribution in [1.29, 1.82) is 0 Å². The summed E-state index contributed by atoms with van der Waals surface area (Å²) in [5.74, 6) is 0.0620. The van der Waals surface area contributed by atoms with Crippen LogP contribution in [0.15, 0.2) is 95.0 Å². The molecule has 0 aliphatic heterocycles. The van der Waals surface area contributed by atoms with Gasteiger partial charge < -0.3 is 10.6 Å². The molecule has 14 heteroatoms. The molecule has 2 heterocycles. The number of rotatable bonds is 10. The molecule has 244 valence electrons. The van der Waals surface area contributed by atoms with E-state index in [0.717, 1.165) is 22.9 Å². The smallest absolute Gasteiger partial charge is 0.346 e. The average molecular weight is 681 g/mol. The number of anilines is 3. The topological polar surface area (TPSA) is 126 Å². The number of alkyl halides is 3. The van der Waals surface area contributed by atoms with Gasteiger partial charge >= 0.3 is 6.18 Å². The summed E-state index contributed by atoms with van der Waals surface area (Å²) in [4.78, 5) is 28.3. The van der Waals surface area contributed by atoms with Crippen LogP contribution in [0, 0.1) is 0 Å². The lowest BCUT2D eigenvalue weighted by atomic mass is 10.0. The fourth-order valence-electron chi connectivity index (χ4n) is 4.79. The first kappa shape index (κ1) is 33.7. The summed E-state index contributed by atoms with van der Waals surface area (Å²) in [6.45, 7) is 5.56. The highest BCUT2D eigenvalue weighted by molar-refractivity contribution is 7.99. The molecule has 5 rings (SSSR count). The van der Waals surface area contributed by atoms with Crippen molar-refractivity contribution < 1.29 is 26.4 Å². The molecule has 1 amide bonds. The van der Waals surface area contributed by atoms with Gasteiger partial charge in [-0.2, -0.15) is 13.2 Å². The monoisotopic (exact) mass is 680 g/mol. The maximum Gasteiger partial charge on any atom is 0.416 e. The zero-order valence-electron chi connectivity index (χ0n) is 25.8. The highest BCUT2D eigenvalue weighted by Crippen LogP contribution is 2.38. The van der Waals surface area contributed by atoms with E-state index in [1.165, 1.54) is 43.2 Å². The summed E-state index contributed by atoms with van der Waals surface area (Å²) in [6, 6.07) is 19.6. The first-order valence-electron chi connectivity index (χ1n) is 14.4. The molecule has 0 bridgehead atoms. The standard InChI is InChI=1S/C33H31F3N6O3S2/c1-19(2)27-15-14-25-30(40-27)37-18-38-31(25)41-28-17-21(32(43)39-20(3)24-7-5-6-8-26(24)33(34,35)36)9-16-29(28)46-23-12-10-22(11-13-23)42-47(4,44)45/h5-20,42H,1-4H3,(H,39,43)(H,37,38,40,41). The second kappa shape index (κ2) is 13.6. The Bertz CT molecular complexity index is 2040. The van der Waals surface area contributed by atoms with E-state index in [9.17, 15) is 26.4 Å². The number of halogens is 3. The zero-order chi connectivity index (χ0) is 33.9. The largest absolute Gasteiger partial charge is 0.416 e. The molecule has 0 saturated carbocycles. The van der Waals surface area contributed by atoms with Crippen LogP contribution in [0.5, 0.6) is 0 Å². The van der Waals surface area contributed by atoms with Gasteiger partial charge in [0, 0.05) is 26.7 Å². The van der Waals surface area contributed by atoms with Crippen molar-refractivity contribution in [2.45, 2.75) is 48.7 Å². The van der Waals surface area contributed by atoms with Crippen LogP contribution in [0.4, 0.5) is 30.4 Å². The summed E-state index contributed by atoms with van der Waals surface area (Å²) in [6.07, 6.45) is -2.12. The first-order chi connectivity index (χ1) is 22.2. The van der Waals surface area contributed by atoms with Gasteiger partial charge in [0.1, 0.15) is 12.1 Å². The van der Waals surface area contributed by atoms with Gasteiger partial charge in [-0.3, -0.25) is 9.52 Å². The Morgan fingerprint density at radius 3 is 2.32 bits per heavy atom. The van der Waals surface area contributed by atoms with Crippen molar-refractivity contribution in [3.8, 4) is 0 Å². The molecule has 3 aromatic carbocycles. The van der Waals surface area contributed by atoms with Gasteiger partial charge in [-0.15, -0.1) is 0 Å². The van der Waals surface area contributed by atoms with Crippen LogP contribution in [0.1, 0.15) is 59.9 Å². The summed E-state index contributed by atoms with van der Waals surface area (Å²) in [5.41, 5.74) is 1.61. The summed E-state index contributed by atoms with van der Waals surface area (Å²) < 4.78 is 66.6. The van der Waals surface area contributed by atoms with E-state index in [1.54, 1.807) is 42.5 Å². The normalized spacial score (nSPS) is 12.6. The number of benzene rings is 3. The van der Waals surface area contributed by atoms with Gasteiger partial charge in [-0.1, -0.05) is 43.8 Å². The van der Waals surface area contributed by atoms with E-state index in [2.05, 4.69) is 30.3 Å². The van der Waals surface area contributed by atoms with Crippen molar-refractivity contribution in [1.82, 2.24) is 20.3 Å². The minimum atomic E-state index is -4.57. The average Bonchev–Trinajstić information content (AvgIpc) is 3.01. The van der Waals surface area contributed by atoms with E-state index >= 15 is 0 Å². The van der Waals surface area contributed by atoms with Crippen LogP contribution in [0.25, 0.3) is 11.0 Å². The molecule has 9 nitrogen and oxygen atoms in total. The van der Waals surface area contributed by atoms with Gasteiger partial charge in [0.2, 0.25) is 10.0 Å². The Kier molecular flexibility index (Phi) is 9.73. The molecule has 0 saturated heterocycles. The number of hydrogen-bond acceptors (Lipinski definition) is 8. The fourth-order valence-corrected chi connectivity index (χ4v) is 6.23. The molecule has 0 spiro atoms. The lowest BCUT2D eigenvalue weighted by Crippen LogP contribution is -2.28. The quantitative estimate of drug-likeness (QED) is 0.136. The molecule has 2 aromatic heterocycles. The van der Waals surface area contributed by atoms with E-state index < -0.39 is 33.7 Å². The van der Waals surface area contributed by atoms with Crippen molar-refractivity contribution >= 4 is 55.9 Å². The number of nitrogens with zero attached hydrogens (tertiary/aromatic N) is 3. The lowest BCUT2D eigenvalue weighted by molar-refractivity contribution is -0.138. The van der Waals surface area contributed by atoms with Gasteiger partial charge in [0.15, 0.2) is 5.65 Å². The summed E-state index contributed by atoms with van der Waals surface area (Å²) >= 11 is 1.35. The van der Waals surface area contributed by atoms with Crippen LogP contribution in [0.3, 0.4) is 0 Å². The number of sulfonamides is 1. The van der Waals surface area contributed by atoms with Crippen molar-refractivity contribution in [3.05, 3.63) is 108 Å². The lowest BCUT2D eigenvalue weighted by Gasteiger charge is -2.20. The molecule has 0 aliphatic rings. The van der Waals surface area contributed by atoms with E-state index in [4.69, 9.17) is 0 Å². The van der Waals surface area contributed by atoms with Gasteiger partial charge in [0.25, 0.3) is 5.91 Å². The third-order valence-electron chi connectivity index (χ3n) is 7.07. The number of hydrogen-bond donors (Lipinski definition) is 3. The number of fused-ring (bicyclic) bond motifs is 1. The number of pyridine rings is 1. The predicted molar refractivity (Wildman–Crippen MR) is 178 cm³/mol. The molecular formula is C33H31F3N6O3S2. The van der Waals surface area contributed by atoms with Crippen molar-refractivity contribution in [3.63, 3.8) is 0 Å². The van der Waals surface area contributed by atoms with Gasteiger partial charge in [0.05, 0.1) is 28.9 Å². The van der Waals surface area contributed by atoms with E-state index in [1.807, 2.05) is 26.0 Å². The molecule has 3 N–H and O–H groups in total. The molecule has 0 aliphatic carbocycles. The maximum absolute atomic E-state index is 13.7. The highest BCUT2D eigenvalue weighted by Gasteiger charge is 2.34. The summed E-state index contributed by atoms with van der Waals surface area (Å²) in [7, 11) is -3.44. The Balaban J connectivity index is 1.49.